The second-order valence-electron chi connectivity index (χ2n) is 3.96. The van der Waals surface area contributed by atoms with Crippen LogP contribution >= 0.6 is 11.8 Å². The molecule has 3 nitrogen and oxygen atoms in total. The highest BCUT2D eigenvalue weighted by atomic mass is 32.2. The van der Waals surface area contributed by atoms with Gasteiger partial charge in [-0.15, -0.1) is 0 Å². The number of hydrogen-bond donors (Lipinski definition) is 2. The lowest BCUT2D eigenvalue weighted by Crippen LogP contribution is -2.43. The molecule has 0 aliphatic rings. The summed E-state index contributed by atoms with van der Waals surface area (Å²) in [5.74, 6) is 2.38. The molecule has 0 aromatic rings. The molecule has 0 aliphatic heterocycles. The Morgan fingerprint density at radius 2 is 2.07 bits per heavy atom. The molecule has 1 amide bonds. The van der Waals surface area contributed by atoms with Crippen molar-refractivity contribution < 1.29 is 4.79 Å². The van der Waals surface area contributed by atoms with Crippen molar-refractivity contribution in [3.63, 3.8) is 0 Å². The minimum absolute atomic E-state index is 0.168. The first-order valence-corrected chi connectivity index (χ1v) is 6.87. The first-order valence-electron chi connectivity index (χ1n) is 5.72. The van der Waals surface area contributed by atoms with Gasteiger partial charge in [-0.05, 0) is 24.6 Å². The standard InChI is InChI=1S/C11H24N2OS/c1-4-6-13-10(11(12)14)8-15-7-9(3)5-2/h9-10,13H,4-8H2,1-3H3,(H2,12,14). The van der Waals surface area contributed by atoms with Gasteiger partial charge in [0.25, 0.3) is 0 Å². The molecule has 0 radical (unpaired) electrons. The third kappa shape index (κ3) is 7.68. The van der Waals surface area contributed by atoms with Crippen LogP contribution in [-0.4, -0.2) is 30.0 Å². The molecule has 90 valence electrons. The Hall–Kier alpha value is -0.220. The summed E-state index contributed by atoms with van der Waals surface area (Å²) in [6.45, 7) is 7.35. The maximum atomic E-state index is 11.1. The lowest BCUT2D eigenvalue weighted by Gasteiger charge is -2.15. The smallest absolute Gasteiger partial charge is 0.235 e. The Balaban J connectivity index is 3.71. The molecule has 0 bridgehead atoms. The van der Waals surface area contributed by atoms with E-state index in [-0.39, 0.29) is 11.9 Å². The number of amides is 1. The number of thioether (sulfide) groups is 1. The van der Waals surface area contributed by atoms with Gasteiger partial charge in [0.15, 0.2) is 0 Å². The minimum atomic E-state index is -0.236. The quantitative estimate of drug-likeness (QED) is 0.635. The fourth-order valence-electron chi connectivity index (χ4n) is 1.07. The van der Waals surface area contributed by atoms with Crippen LogP contribution in [0.15, 0.2) is 0 Å². The van der Waals surface area contributed by atoms with E-state index in [4.69, 9.17) is 5.73 Å². The maximum absolute atomic E-state index is 11.1. The Kier molecular flexibility index (Phi) is 8.91. The molecule has 2 atom stereocenters. The molecule has 0 aromatic heterocycles. The summed E-state index contributed by atoms with van der Waals surface area (Å²) in [7, 11) is 0. The van der Waals surface area contributed by atoms with E-state index in [1.807, 2.05) is 11.8 Å². The van der Waals surface area contributed by atoms with Crippen molar-refractivity contribution in [2.45, 2.75) is 39.7 Å². The first kappa shape index (κ1) is 14.8. The number of primary amides is 1. The van der Waals surface area contributed by atoms with E-state index >= 15 is 0 Å². The molecule has 4 heteroatoms. The van der Waals surface area contributed by atoms with Gasteiger partial charge in [0.1, 0.15) is 0 Å². The predicted octanol–water partition coefficient (Wildman–Crippen LogP) is 1.62. The van der Waals surface area contributed by atoms with E-state index in [0.717, 1.165) is 30.4 Å². The van der Waals surface area contributed by atoms with Crippen molar-refractivity contribution >= 4 is 17.7 Å². The maximum Gasteiger partial charge on any atom is 0.235 e. The van der Waals surface area contributed by atoms with Gasteiger partial charge in [0, 0.05) is 5.75 Å². The van der Waals surface area contributed by atoms with Crippen LogP contribution in [0.1, 0.15) is 33.6 Å². The summed E-state index contributed by atoms with van der Waals surface area (Å²) >= 11 is 1.81. The highest BCUT2D eigenvalue weighted by Gasteiger charge is 2.14. The highest BCUT2D eigenvalue weighted by Crippen LogP contribution is 2.12. The molecule has 0 saturated carbocycles. The van der Waals surface area contributed by atoms with Gasteiger partial charge in [-0.1, -0.05) is 27.2 Å². The lowest BCUT2D eigenvalue weighted by molar-refractivity contribution is -0.119. The molecule has 0 fully saturated rings. The fourth-order valence-corrected chi connectivity index (χ4v) is 2.36. The van der Waals surface area contributed by atoms with Crippen LogP contribution in [0.4, 0.5) is 0 Å². The third-order valence-electron chi connectivity index (χ3n) is 2.37. The van der Waals surface area contributed by atoms with Crippen LogP contribution < -0.4 is 11.1 Å². The first-order chi connectivity index (χ1) is 7.11. The molecule has 0 heterocycles. The predicted molar refractivity (Wildman–Crippen MR) is 68.1 cm³/mol. The van der Waals surface area contributed by atoms with E-state index in [1.54, 1.807) is 0 Å². The van der Waals surface area contributed by atoms with Gasteiger partial charge in [0.2, 0.25) is 5.91 Å². The van der Waals surface area contributed by atoms with Crippen molar-refractivity contribution in [2.24, 2.45) is 11.7 Å². The summed E-state index contributed by atoms with van der Waals surface area (Å²) in [5, 5.41) is 3.17. The van der Waals surface area contributed by atoms with Crippen molar-refractivity contribution in [3.8, 4) is 0 Å². The van der Waals surface area contributed by atoms with Crippen LogP contribution in [0, 0.1) is 5.92 Å². The summed E-state index contributed by atoms with van der Waals surface area (Å²) in [4.78, 5) is 11.1. The van der Waals surface area contributed by atoms with Gasteiger partial charge >= 0.3 is 0 Å². The van der Waals surface area contributed by atoms with Crippen LogP contribution in [-0.2, 0) is 4.79 Å². The van der Waals surface area contributed by atoms with Crippen LogP contribution in [0.25, 0.3) is 0 Å². The second kappa shape index (κ2) is 9.04. The topological polar surface area (TPSA) is 55.1 Å². The molecule has 0 aliphatic carbocycles. The zero-order valence-electron chi connectivity index (χ0n) is 10.1. The lowest BCUT2D eigenvalue weighted by atomic mass is 10.2. The van der Waals surface area contributed by atoms with Crippen molar-refractivity contribution in [2.75, 3.05) is 18.1 Å². The summed E-state index contributed by atoms with van der Waals surface area (Å²) < 4.78 is 0. The molecule has 0 saturated heterocycles. The highest BCUT2D eigenvalue weighted by molar-refractivity contribution is 7.99. The SMILES string of the molecule is CCCNC(CSCC(C)CC)C(N)=O. The molecule has 3 N–H and O–H groups in total. The Labute approximate surface area is 97.6 Å². The summed E-state index contributed by atoms with van der Waals surface area (Å²) in [5.41, 5.74) is 5.31. The van der Waals surface area contributed by atoms with E-state index in [2.05, 4.69) is 26.1 Å². The van der Waals surface area contributed by atoms with E-state index in [1.165, 1.54) is 6.42 Å². The number of nitrogens with two attached hydrogens (primary N) is 1. The third-order valence-corrected chi connectivity index (χ3v) is 3.74. The van der Waals surface area contributed by atoms with Crippen molar-refractivity contribution in [1.82, 2.24) is 5.32 Å². The zero-order valence-corrected chi connectivity index (χ0v) is 10.9. The molecule has 0 spiro atoms. The van der Waals surface area contributed by atoms with Gasteiger partial charge < -0.3 is 11.1 Å². The van der Waals surface area contributed by atoms with E-state index in [0.29, 0.717) is 0 Å². The average Bonchev–Trinajstić information content (AvgIpc) is 2.22. The summed E-state index contributed by atoms with van der Waals surface area (Å²) in [6, 6.07) is -0.168. The summed E-state index contributed by atoms with van der Waals surface area (Å²) in [6.07, 6.45) is 2.22. The molecule has 15 heavy (non-hydrogen) atoms. The molecular weight excluding hydrogens is 208 g/mol. The normalized spacial score (nSPS) is 14.9. The zero-order chi connectivity index (χ0) is 11.7. The Bertz CT molecular complexity index is 176. The van der Waals surface area contributed by atoms with Crippen molar-refractivity contribution in [1.29, 1.82) is 0 Å². The monoisotopic (exact) mass is 232 g/mol. The second-order valence-corrected chi connectivity index (χ2v) is 5.03. The molecular formula is C11H24N2OS. The number of hydrogen-bond acceptors (Lipinski definition) is 3. The molecule has 2 unspecified atom stereocenters. The minimum Gasteiger partial charge on any atom is -0.368 e. The van der Waals surface area contributed by atoms with Crippen LogP contribution in [0.3, 0.4) is 0 Å². The molecule has 0 aromatic carbocycles. The largest absolute Gasteiger partial charge is 0.368 e. The van der Waals surface area contributed by atoms with Gasteiger partial charge in [0.05, 0.1) is 6.04 Å². The van der Waals surface area contributed by atoms with Crippen molar-refractivity contribution in [3.05, 3.63) is 0 Å². The Morgan fingerprint density at radius 3 is 2.53 bits per heavy atom. The van der Waals surface area contributed by atoms with Crippen LogP contribution in [0.2, 0.25) is 0 Å². The van der Waals surface area contributed by atoms with Crippen LogP contribution in [0.5, 0.6) is 0 Å². The number of carbonyl (C=O) groups is 1. The fraction of sp³-hybridized carbons (Fsp3) is 0.909. The number of carbonyl (C=O) groups excluding carboxylic acids is 1. The van der Waals surface area contributed by atoms with E-state index in [9.17, 15) is 4.79 Å². The molecule has 0 rings (SSSR count). The Morgan fingerprint density at radius 1 is 1.40 bits per heavy atom. The average molecular weight is 232 g/mol. The van der Waals surface area contributed by atoms with Gasteiger partial charge in [-0.2, -0.15) is 11.8 Å². The van der Waals surface area contributed by atoms with Gasteiger partial charge in [-0.25, -0.2) is 0 Å². The number of rotatable bonds is 9. The number of nitrogens with one attached hydrogen (secondary N) is 1. The van der Waals surface area contributed by atoms with Gasteiger partial charge in [-0.3, -0.25) is 4.79 Å². The van der Waals surface area contributed by atoms with E-state index < -0.39 is 0 Å².